The van der Waals surface area contributed by atoms with Crippen molar-refractivity contribution in [3.8, 4) is 0 Å². The van der Waals surface area contributed by atoms with E-state index in [0.29, 0.717) is 12.3 Å². The zero-order valence-corrected chi connectivity index (χ0v) is 11.1. The van der Waals surface area contributed by atoms with Crippen LogP contribution in [0, 0.1) is 5.92 Å². The number of nitrogens with one attached hydrogen (secondary N) is 1. The van der Waals surface area contributed by atoms with Crippen LogP contribution in [0.5, 0.6) is 0 Å². The number of aryl methyl sites for hydroxylation is 1. The zero-order valence-electron chi connectivity index (χ0n) is 11.1. The highest BCUT2D eigenvalue weighted by Crippen LogP contribution is 2.16. The van der Waals surface area contributed by atoms with Crippen LogP contribution in [0.3, 0.4) is 0 Å². The maximum atomic E-state index is 10.6. The van der Waals surface area contributed by atoms with Gasteiger partial charge in [0.2, 0.25) is 0 Å². The molecule has 0 saturated carbocycles. The molecule has 1 heterocycles. The Hall–Kier alpha value is -1.55. The van der Waals surface area contributed by atoms with Crippen molar-refractivity contribution in [2.75, 3.05) is 25.1 Å². The van der Waals surface area contributed by atoms with E-state index < -0.39 is 5.97 Å². The predicted molar refractivity (Wildman–Crippen MR) is 74.4 cm³/mol. The Bertz CT molecular complexity index is 414. The molecule has 1 unspecified atom stereocenters. The van der Waals surface area contributed by atoms with E-state index >= 15 is 0 Å². The SMILES string of the molecule is O=C(O)CCc1cccc(NCC2CCCOC2)c1. The molecule has 0 aromatic heterocycles. The van der Waals surface area contributed by atoms with Crippen LogP contribution in [-0.2, 0) is 16.0 Å². The van der Waals surface area contributed by atoms with Crippen molar-refractivity contribution in [3.63, 3.8) is 0 Å². The third-order valence-electron chi connectivity index (χ3n) is 3.40. The van der Waals surface area contributed by atoms with Crippen molar-refractivity contribution in [3.05, 3.63) is 29.8 Å². The summed E-state index contributed by atoms with van der Waals surface area (Å²) < 4.78 is 5.45. The Kier molecular flexibility index (Phi) is 5.21. The lowest BCUT2D eigenvalue weighted by Crippen LogP contribution is -2.24. The topological polar surface area (TPSA) is 58.6 Å². The van der Waals surface area contributed by atoms with Gasteiger partial charge >= 0.3 is 5.97 Å². The van der Waals surface area contributed by atoms with Crippen LogP contribution < -0.4 is 5.32 Å². The molecular weight excluding hydrogens is 242 g/mol. The fourth-order valence-electron chi connectivity index (χ4n) is 2.32. The van der Waals surface area contributed by atoms with Gasteiger partial charge in [-0.3, -0.25) is 4.79 Å². The minimum Gasteiger partial charge on any atom is -0.481 e. The van der Waals surface area contributed by atoms with Gasteiger partial charge in [0.25, 0.3) is 0 Å². The van der Waals surface area contributed by atoms with Crippen LogP contribution >= 0.6 is 0 Å². The molecule has 1 aromatic rings. The van der Waals surface area contributed by atoms with E-state index in [2.05, 4.69) is 5.32 Å². The number of carbonyl (C=O) groups is 1. The third kappa shape index (κ3) is 4.91. The van der Waals surface area contributed by atoms with Gasteiger partial charge in [-0.2, -0.15) is 0 Å². The molecule has 0 spiro atoms. The van der Waals surface area contributed by atoms with Gasteiger partial charge < -0.3 is 15.2 Å². The Morgan fingerprint density at radius 3 is 3.11 bits per heavy atom. The van der Waals surface area contributed by atoms with E-state index in [4.69, 9.17) is 9.84 Å². The summed E-state index contributed by atoms with van der Waals surface area (Å²) in [6.45, 7) is 2.65. The summed E-state index contributed by atoms with van der Waals surface area (Å²) in [4.78, 5) is 10.6. The smallest absolute Gasteiger partial charge is 0.303 e. The maximum Gasteiger partial charge on any atom is 0.303 e. The summed E-state index contributed by atoms with van der Waals surface area (Å²) in [7, 11) is 0. The molecule has 4 heteroatoms. The Balaban J connectivity index is 1.82. The molecule has 19 heavy (non-hydrogen) atoms. The normalized spacial score (nSPS) is 19.1. The number of rotatable bonds is 6. The highest BCUT2D eigenvalue weighted by molar-refractivity contribution is 5.67. The minimum absolute atomic E-state index is 0.180. The molecule has 1 fully saturated rings. The number of aliphatic carboxylic acids is 1. The molecule has 1 aromatic carbocycles. The first-order chi connectivity index (χ1) is 9.24. The second-order valence-corrected chi connectivity index (χ2v) is 5.06. The van der Waals surface area contributed by atoms with Gasteiger partial charge in [-0.15, -0.1) is 0 Å². The van der Waals surface area contributed by atoms with Crippen molar-refractivity contribution in [2.24, 2.45) is 5.92 Å². The van der Waals surface area contributed by atoms with Crippen molar-refractivity contribution < 1.29 is 14.6 Å². The van der Waals surface area contributed by atoms with Crippen LogP contribution in [0.25, 0.3) is 0 Å². The average molecular weight is 263 g/mol. The summed E-state index contributed by atoms with van der Waals surface area (Å²) in [5, 5.41) is 12.1. The highest BCUT2D eigenvalue weighted by Gasteiger charge is 2.13. The lowest BCUT2D eigenvalue weighted by atomic mass is 10.0. The van der Waals surface area contributed by atoms with Crippen LogP contribution in [0.2, 0.25) is 0 Å². The van der Waals surface area contributed by atoms with Gasteiger partial charge in [-0.05, 0) is 42.9 Å². The largest absolute Gasteiger partial charge is 0.481 e. The number of hydrogen-bond donors (Lipinski definition) is 2. The first-order valence-electron chi connectivity index (χ1n) is 6.86. The van der Waals surface area contributed by atoms with Crippen molar-refractivity contribution in [2.45, 2.75) is 25.7 Å². The van der Waals surface area contributed by atoms with E-state index in [1.807, 2.05) is 24.3 Å². The Morgan fingerprint density at radius 1 is 1.47 bits per heavy atom. The molecular formula is C15H21NO3. The second-order valence-electron chi connectivity index (χ2n) is 5.06. The van der Waals surface area contributed by atoms with Crippen molar-refractivity contribution in [1.29, 1.82) is 0 Å². The third-order valence-corrected chi connectivity index (χ3v) is 3.40. The first-order valence-corrected chi connectivity index (χ1v) is 6.86. The quantitative estimate of drug-likeness (QED) is 0.828. The fourth-order valence-corrected chi connectivity index (χ4v) is 2.32. The van der Waals surface area contributed by atoms with E-state index in [1.54, 1.807) is 0 Å². The molecule has 0 radical (unpaired) electrons. The summed E-state index contributed by atoms with van der Waals surface area (Å²) in [5.74, 6) is -0.172. The number of anilines is 1. The molecule has 1 saturated heterocycles. The van der Waals surface area contributed by atoms with E-state index in [9.17, 15) is 4.79 Å². The maximum absolute atomic E-state index is 10.6. The molecule has 0 amide bonds. The van der Waals surface area contributed by atoms with Gasteiger partial charge in [0.1, 0.15) is 0 Å². The van der Waals surface area contributed by atoms with Gasteiger partial charge in [0, 0.05) is 25.3 Å². The number of carboxylic acids is 1. The van der Waals surface area contributed by atoms with Crippen LogP contribution in [0.4, 0.5) is 5.69 Å². The second kappa shape index (κ2) is 7.14. The van der Waals surface area contributed by atoms with E-state index in [1.165, 1.54) is 6.42 Å². The minimum atomic E-state index is -0.752. The van der Waals surface area contributed by atoms with Gasteiger partial charge in [-0.25, -0.2) is 0 Å². The monoisotopic (exact) mass is 263 g/mol. The number of hydrogen-bond acceptors (Lipinski definition) is 3. The molecule has 2 N–H and O–H groups in total. The lowest BCUT2D eigenvalue weighted by Gasteiger charge is -2.22. The summed E-state index contributed by atoms with van der Waals surface area (Å²) in [6, 6.07) is 8.00. The average Bonchev–Trinajstić information content (AvgIpc) is 2.44. The molecule has 0 bridgehead atoms. The zero-order chi connectivity index (χ0) is 13.5. The molecule has 4 nitrogen and oxygen atoms in total. The fraction of sp³-hybridized carbons (Fsp3) is 0.533. The summed E-state index contributed by atoms with van der Waals surface area (Å²) >= 11 is 0. The van der Waals surface area contributed by atoms with Crippen LogP contribution in [-0.4, -0.2) is 30.8 Å². The van der Waals surface area contributed by atoms with Gasteiger partial charge in [0.15, 0.2) is 0 Å². The number of carboxylic acid groups (broad SMARTS) is 1. The summed E-state index contributed by atoms with van der Waals surface area (Å²) in [5.41, 5.74) is 2.13. The predicted octanol–water partition coefficient (Wildman–Crippen LogP) is 2.54. The van der Waals surface area contributed by atoms with Crippen molar-refractivity contribution in [1.82, 2.24) is 0 Å². The molecule has 104 valence electrons. The molecule has 2 rings (SSSR count). The Labute approximate surface area is 113 Å². The van der Waals surface area contributed by atoms with E-state index in [0.717, 1.165) is 37.4 Å². The Morgan fingerprint density at radius 2 is 2.37 bits per heavy atom. The van der Waals surface area contributed by atoms with E-state index in [-0.39, 0.29) is 6.42 Å². The van der Waals surface area contributed by atoms with Crippen LogP contribution in [0.1, 0.15) is 24.8 Å². The standard InChI is InChI=1S/C15H21NO3/c17-15(18)7-6-12-3-1-5-14(9-12)16-10-13-4-2-8-19-11-13/h1,3,5,9,13,16H,2,4,6-8,10-11H2,(H,17,18). The van der Waals surface area contributed by atoms with Gasteiger partial charge in [0.05, 0.1) is 6.61 Å². The molecule has 1 aliphatic rings. The highest BCUT2D eigenvalue weighted by atomic mass is 16.5. The molecule has 0 aliphatic carbocycles. The number of ether oxygens (including phenoxy) is 1. The molecule has 1 aliphatic heterocycles. The lowest BCUT2D eigenvalue weighted by molar-refractivity contribution is -0.136. The van der Waals surface area contributed by atoms with Crippen LogP contribution in [0.15, 0.2) is 24.3 Å². The first kappa shape index (κ1) is 13.9. The summed E-state index contributed by atoms with van der Waals surface area (Å²) in [6.07, 6.45) is 3.12. The van der Waals surface area contributed by atoms with Gasteiger partial charge in [-0.1, -0.05) is 12.1 Å². The van der Waals surface area contributed by atoms with Crippen molar-refractivity contribution >= 4 is 11.7 Å². The molecule has 1 atom stereocenters. The number of benzene rings is 1.